The van der Waals surface area contributed by atoms with Gasteiger partial charge in [0.15, 0.2) is 0 Å². The summed E-state index contributed by atoms with van der Waals surface area (Å²) in [6.07, 6.45) is 3.37. The molecule has 2 nitrogen and oxygen atoms in total. The van der Waals surface area contributed by atoms with Gasteiger partial charge in [0.25, 0.3) is 0 Å². The van der Waals surface area contributed by atoms with E-state index in [0.29, 0.717) is 22.7 Å². The van der Waals surface area contributed by atoms with Crippen molar-refractivity contribution in [2.75, 3.05) is 7.11 Å². The molecule has 1 N–H and O–H groups in total. The molecule has 0 radical (unpaired) electrons. The first-order chi connectivity index (χ1) is 9.02. The van der Waals surface area contributed by atoms with E-state index in [-0.39, 0.29) is 11.1 Å². The third-order valence-electron chi connectivity index (χ3n) is 3.72. The molecule has 106 valence electrons. The molecule has 0 aliphatic heterocycles. The van der Waals surface area contributed by atoms with Crippen molar-refractivity contribution in [3.8, 4) is 0 Å². The van der Waals surface area contributed by atoms with E-state index in [4.69, 9.17) is 27.9 Å². The monoisotopic (exact) mass is 305 g/mol. The second kappa shape index (κ2) is 6.40. The summed E-state index contributed by atoms with van der Waals surface area (Å²) in [7, 11) is 1.73. The van der Waals surface area contributed by atoms with Crippen molar-refractivity contribution < 1.29 is 9.13 Å². The maximum absolute atomic E-state index is 13.5. The predicted octanol–water partition coefficient (Wildman–Crippen LogP) is 4.35. The summed E-state index contributed by atoms with van der Waals surface area (Å²) in [5, 5.41) is 4.05. The van der Waals surface area contributed by atoms with Gasteiger partial charge in [0.2, 0.25) is 0 Å². The zero-order valence-electron chi connectivity index (χ0n) is 11.1. The zero-order chi connectivity index (χ0) is 14.0. The average Bonchev–Trinajstić information content (AvgIpc) is 2.82. The summed E-state index contributed by atoms with van der Waals surface area (Å²) < 4.78 is 18.9. The SMILES string of the molecule is COC1CCC(NC(C)c2c(Cl)ccc(F)c2Cl)C1. The summed E-state index contributed by atoms with van der Waals surface area (Å²) in [6, 6.07) is 3.10. The summed E-state index contributed by atoms with van der Waals surface area (Å²) in [4.78, 5) is 0. The van der Waals surface area contributed by atoms with Crippen molar-refractivity contribution in [2.24, 2.45) is 0 Å². The Morgan fingerprint density at radius 1 is 1.37 bits per heavy atom. The minimum atomic E-state index is -0.434. The van der Waals surface area contributed by atoms with E-state index in [1.165, 1.54) is 6.07 Å². The number of halogens is 3. The molecular weight excluding hydrogens is 288 g/mol. The van der Waals surface area contributed by atoms with Crippen LogP contribution >= 0.6 is 23.2 Å². The van der Waals surface area contributed by atoms with Crippen LogP contribution in [0.15, 0.2) is 12.1 Å². The van der Waals surface area contributed by atoms with Crippen LogP contribution in [-0.2, 0) is 4.74 Å². The summed E-state index contributed by atoms with van der Waals surface area (Å²) >= 11 is 12.1. The highest BCUT2D eigenvalue weighted by atomic mass is 35.5. The van der Waals surface area contributed by atoms with E-state index in [1.54, 1.807) is 13.2 Å². The largest absolute Gasteiger partial charge is 0.381 e. The van der Waals surface area contributed by atoms with Crippen molar-refractivity contribution in [1.82, 2.24) is 5.32 Å². The average molecular weight is 306 g/mol. The van der Waals surface area contributed by atoms with Crippen molar-refractivity contribution in [1.29, 1.82) is 0 Å². The van der Waals surface area contributed by atoms with Crippen LogP contribution in [0.3, 0.4) is 0 Å². The Morgan fingerprint density at radius 3 is 2.74 bits per heavy atom. The van der Waals surface area contributed by atoms with E-state index in [0.717, 1.165) is 19.3 Å². The number of nitrogens with one attached hydrogen (secondary N) is 1. The second-order valence-electron chi connectivity index (χ2n) is 5.01. The standard InChI is InChI=1S/C14H18Cl2FNO/c1-8(18-9-3-4-10(7-9)19-2)13-11(15)5-6-12(17)14(13)16/h5-6,8-10,18H,3-4,7H2,1-2H3. The molecule has 1 aliphatic carbocycles. The van der Waals surface area contributed by atoms with Crippen molar-refractivity contribution >= 4 is 23.2 Å². The fraction of sp³-hybridized carbons (Fsp3) is 0.571. The molecule has 0 saturated heterocycles. The van der Waals surface area contributed by atoms with E-state index < -0.39 is 5.82 Å². The molecule has 1 saturated carbocycles. The summed E-state index contributed by atoms with van der Waals surface area (Å²) in [5.74, 6) is -0.434. The normalized spacial score (nSPS) is 24.7. The third-order valence-corrected chi connectivity index (χ3v) is 4.43. The van der Waals surface area contributed by atoms with Gasteiger partial charge in [0.05, 0.1) is 11.1 Å². The van der Waals surface area contributed by atoms with E-state index in [9.17, 15) is 4.39 Å². The first kappa shape index (κ1) is 15.0. The summed E-state index contributed by atoms with van der Waals surface area (Å²) in [5.41, 5.74) is 0.629. The lowest BCUT2D eigenvalue weighted by Crippen LogP contribution is -2.30. The fourth-order valence-electron chi connectivity index (χ4n) is 2.68. The van der Waals surface area contributed by atoms with Gasteiger partial charge in [-0.1, -0.05) is 23.2 Å². The molecule has 3 unspecified atom stereocenters. The molecule has 0 spiro atoms. The topological polar surface area (TPSA) is 21.3 Å². The Bertz CT molecular complexity index is 455. The van der Waals surface area contributed by atoms with Gasteiger partial charge in [-0.2, -0.15) is 0 Å². The van der Waals surface area contributed by atoms with Crippen LogP contribution in [0.2, 0.25) is 10.0 Å². The Morgan fingerprint density at radius 2 is 2.11 bits per heavy atom. The van der Waals surface area contributed by atoms with Crippen LogP contribution in [0.4, 0.5) is 4.39 Å². The van der Waals surface area contributed by atoms with Crippen LogP contribution in [0.1, 0.15) is 37.8 Å². The van der Waals surface area contributed by atoms with E-state index in [2.05, 4.69) is 5.32 Å². The Kier molecular flexibility index (Phi) is 5.07. The number of hydrogen-bond acceptors (Lipinski definition) is 2. The third kappa shape index (κ3) is 3.40. The van der Waals surface area contributed by atoms with Gasteiger partial charge in [0, 0.05) is 29.8 Å². The molecule has 3 atom stereocenters. The maximum Gasteiger partial charge on any atom is 0.142 e. The van der Waals surface area contributed by atoms with E-state index >= 15 is 0 Å². The summed E-state index contributed by atoms with van der Waals surface area (Å²) in [6.45, 7) is 1.95. The maximum atomic E-state index is 13.5. The van der Waals surface area contributed by atoms with Crippen LogP contribution in [0, 0.1) is 5.82 Å². The molecule has 2 rings (SSSR count). The smallest absolute Gasteiger partial charge is 0.142 e. The lowest BCUT2D eigenvalue weighted by Gasteiger charge is -2.22. The molecule has 0 amide bonds. The van der Waals surface area contributed by atoms with Crippen LogP contribution in [0.25, 0.3) is 0 Å². The van der Waals surface area contributed by atoms with Gasteiger partial charge < -0.3 is 10.1 Å². The van der Waals surface area contributed by atoms with E-state index in [1.807, 2.05) is 6.92 Å². The minimum absolute atomic E-state index is 0.0868. The lowest BCUT2D eigenvalue weighted by molar-refractivity contribution is 0.106. The highest BCUT2D eigenvalue weighted by molar-refractivity contribution is 6.36. The van der Waals surface area contributed by atoms with Crippen LogP contribution in [-0.4, -0.2) is 19.3 Å². The molecule has 0 heterocycles. The first-order valence-electron chi connectivity index (χ1n) is 6.45. The molecule has 5 heteroatoms. The number of methoxy groups -OCH3 is 1. The van der Waals surface area contributed by atoms with Crippen molar-refractivity contribution in [3.63, 3.8) is 0 Å². The molecule has 0 bridgehead atoms. The Hall–Kier alpha value is -0.350. The molecule has 19 heavy (non-hydrogen) atoms. The fourth-order valence-corrected chi connectivity index (χ4v) is 3.38. The number of benzene rings is 1. The molecule has 1 aromatic rings. The van der Waals surface area contributed by atoms with Crippen molar-refractivity contribution in [3.05, 3.63) is 33.6 Å². The Balaban J connectivity index is 2.08. The molecule has 1 aliphatic rings. The highest BCUT2D eigenvalue weighted by Crippen LogP contribution is 2.33. The predicted molar refractivity (Wildman–Crippen MR) is 76.4 cm³/mol. The van der Waals surface area contributed by atoms with Gasteiger partial charge in [-0.05, 0) is 38.3 Å². The van der Waals surface area contributed by atoms with Gasteiger partial charge in [-0.3, -0.25) is 0 Å². The van der Waals surface area contributed by atoms with Crippen molar-refractivity contribution in [2.45, 2.75) is 44.4 Å². The van der Waals surface area contributed by atoms with Crippen LogP contribution < -0.4 is 5.32 Å². The Labute approximate surface area is 123 Å². The van der Waals surface area contributed by atoms with Gasteiger partial charge in [0.1, 0.15) is 5.82 Å². The van der Waals surface area contributed by atoms with Gasteiger partial charge in [-0.25, -0.2) is 4.39 Å². The second-order valence-corrected chi connectivity index (χ2v) is 5.80. The molecule has 0 aromatic heterocycles. The molecule has 1 aromatic carbocycles. The van der Waals surface area contributed by atoms with Crippen LogP contribution in [0.5, 0.6) is 0 Å². The number of hydrogen-bond donors (Lipinski definition) is 1. The highest BCUT2D eigenvalue weighted by Gasteiger charge is 2.27. The quantitative estimate of drug-likeness (QED) is 0.835. The van der Waals surface area contributed by atoms with Gasteiger partial charge in [-0.15, -0.1) is 0 Å². The first-order valence-corrected chi connectivity index (χ1v) is 7.20. The van der Waals surface area contributed by atoms with Gasteiger partial charge >= 0.3 is 0 Å². The zero-order valence-corrected chi connectivity index (χ0v) is 12.6. The minimum Gasteiger partial charge on any atom is -0.381 e. The molecule has 1 fully saturated rings. The molecular formula is C14H18Cl2FNO. The number of rotatable bonds is 4. The number of ether oxygens (including phenoxy) is 1. The lowest BCUT2D eigenvalue weighted by atomic mass is 10.1.